The van der Waals surface area contributed by atoms with Crippen LogP contribution in [-0.2, 0) is 0 Å². The summed E-state index contributed by atoms with van der Waals surface area (Å²) in [6.45, 7) is 3.69. The lowest BCUT2D eigenvalue weighted by atomic mass is 10.4. The average molecular weight is 195 g/mol. The molecule has 0 saturated heterocycles. The molecule has 0 amide bonds. The molecule has 0 aliphatic heterocycles. The van der Waals surface area contributed by atoms with Gasteiger partial charge in [0, 0.05) is 20.1 Å². The SMILES string of the molecule is CCNc1ccc(N(C)CCO)nc1. The molecule has 0 spiro atoms. The van der Waals surface area contributed by atoms with Crippen LogP contribution in [0.25, 0.3) is 0 Å². The Labute approximate surface area is 84.6 Å². The number of nitrogens with zero attached hydrogens (tertiary/aromatic N) is 2. The summed E-state index contributed by atoms with van der Waals surface area (Å²) in [5, 5.41) is 11.9. The van der Waals surface area contributed by atoms with Crippen LogP contribution in [0.4, 0.5) is 11.5 Å². The summed E-state index contributed by atoms with van der Waals surface area (Å²) >= 11 is 0. The second-order valence-corrected chi connectivity index (χ2v) is 3.08. The Morgan fingerprint density at radius 1 is 1.50 bits per heavy atom. The van der Waals surface area contributed by atoms with Crippen LogP contribution in [0.1, 0.15) is 6.92 Å². The Morgan fingerprint density at radius 3 is 2.79 bits per heavy atom. The molecule has 78 valence electrons. The molecule has 4 nitrogen and oxygen atoms in total. The van der Waals surface area contributed by atoms with Crippen LogP contribution in [0.15, 0.2) is 18.3 Å². The summed E-state index contributed by atoms with van der Waals surface area (Å²) in [6, 6.07) is 3.92. The standard InChI is InChI=1S/C10H17N3O/c1-3-11-9-4-5-10(12-8-9)13(2)6-7-14/h4-5,8,11,14H,3,6-7H2,1-2H3. The third kappa shape index (κ3) is 2.88. The van der Waals surface area contributed by atoms with Gasteiger partial charge in [0.2, 0.25) is 0 Å². The van der Waals surface area contributed by atoms with Crippen LogP contribution in [0.2, 0.25) is 0 Å². The van der Waals surface area contributed by atoms with Gasteiger partial charge in [-0.2, -0.15) is 0 Å². The summed E-state index contributed by atoms with van der Waals surface area (Å²) in [6.07, 6.45) is 1.80. The van der Waals surface area contributed by atoms with Crippen molar-refractivity contribution in [2.24, 2.45) is 0 Å². The van der Waals surface area contributed by atoms with Gasteiger partial charge in [-0.05, 0) is 19.1 Å². The molecule has 14 heavy (non-hydrogen) atoms. The number of rotatable bonds is 5. The van der Waals surface area contributed by atoms with Crippen molar-refractivity contribution >= 4 is 11.5 Å². The predicted octanol–water partition coefficient (Wildman–Crippen LogP) is 0.942. The first kappa shape index (κ1) is 10.8. The first-order valence-electron chi connectivity index (χ1n) is 4.80. The molecular weight excluding hydrogens is 178 g/mol. The van der Waals surface area contributed by atoms with Crippen LogP contribution in [-0.4, -0.2) is 36.8 Å². The number of likely N-dealkylation sites (N-methyl/N-ethyl adjacent to an activating group) is 1. The fraction of sp³-hybridized carbons (Fsp3) is 0.500. The Kier molecular flexibility index (Phi) is 4.19. The van der Waals surface area contributed by atoms with Gasteiger partial charge in [-0.1, -0.05) is 0 Å². The third-order valence-corrected chi connectivity index (χ3v) is 1.96. The number of aromatic nitrogens is 1. The van der Waals surface area contributed by atoms with Crippen molar-refractivity contribution in [3.8, 4) is 0 Å². The molecule has 4 heteroatoms. The fourth-order valence-corrected chi connectivity index (χ4v) is 1.19. The number of nitrogens with one attached hydrogen (secondary N) is 1. The van der Waals surface area contributed by atoms with Gasteiger partial charge in [-0.15, -0.1) is 0 Å². The number of hydrogen-bond donors (Lipinski definition) is 2. The maximum absolute atomic E-state index is 8.76. The molecule has 1 rings (SSSR count). The maximum Gasteiger partial charge on any atom is 0.128 e. The van der Waals surface area contributed by atoms with Crippen molar-refractivity contribution in [1.29, 1.82) is 0 Å². The van der Waals surface area contributed by atoms with Crippen LogP contribution >= 0.6 is 0 Å². The van der Waals surface area contributed by atoms with Crippen molar-refractivity contribution in [3.63, 3.8) is 0 Å². The summed E-state index contributed by atoms with van der Waals surface area (Å²) in [5.41, 5.74) is 1.02. The van der Waals surface area contributed by atoms with Gasteiger partial charge in [-0.3, -0.25) is 0 Å². The first-order chi connectivity index (χ1) is 6.77. The van der Waals surface area contributed by atoms with Gasteiger partial charge in [0.1, 0.15) is 5.82 Å². The second-order valence-electron chi connectivity index (χ2n) is 3.08. The minimum Gasteiger partial charge on any atom is -0.395 e. The molecule has 1 heterocycles. The average Bonchev–Trinajstić information content (AvgIpc) is 2.20. The van der Waals surface area contributed by atoms with E-state index in [0.717, 1.165) is 18.1 Å². The van der Waals surface area contributed by atoms with E-state index in [0.29, 0.717) is 6.54 Å². The zero-order chi connectivity index (χ0) is 10.4. The molecule has 0 atom stereocenters. The zero-order valence-electron chi connectivity index (χ0n) is 8.70. The maximum atomic E-state index is 8.76. The van der Waals surface area contributed by atoms with E-state index in [1.54, 1.807) is 6.20 Å². The molecule has 1 aromatic rings. The third-order valence-electron chi connectivity index (χ3n) is 1.96. The molecule has 2 N–H and O–H groups in total. The van der Waals surface area contributed by atoms with Crippen molar-refractivity contribution < 1.29 is 5.11 Å². The van der Waals surface area contributed by atoms with Gasteiger partial charge in [0.25, 0.3) is 0 Å². The van der Waals surface area contributed by atoms with Gasteiger partial charge in [0.15, 0.2) is 0 Å². The van der Waals surface area contributed by atoms with Crippen LogP contribution in [0, 0.1) is 0 Å². The van der Waals surface area contributed by atoms with Gasteiger partial charge in [-0.25, -0.2) is 4.98 Å². The summed E-state index contributed by atoms with van der Waals surface area (Å²) in [4.78, 5) is 6.18. The molecule has 0 aliphatic rings. The molecule has 0 aliphatic carbocycles. The van der Waals surface area contributed by atoms with E-state index in [1.807, 2.05) is 31.0 Å². The number of aliphatic hydroxyl groups is 1. The van der Waals surface area contributed by atoms with E-state index in [9.17, 15) is 0 Å². The predicted molar refractivity (Wildman–Crippen MR) is 58.8 cm³/mol. The van der Waals surface area contributed by atoms with E-state index in [2.05, 4.69) is 10.3 Å². The Hall–Kier alpha value is -1.29. The minimum atomic E-state index is 0.146. The quantitative estimate of drug-likeness (QED) is 0.734. The normalized spacial score (nSPS) is 9.93. The van der Waals surface area contributed by atoms with Gasteiger partial charge >= 0.3 is 0 Å². The molecule has 0 unspecified atom stereocenters. The highest BCUT2D eigenvalue weighted by Gasteiger charge is 2.00. The van der Waals surface area contributed by atoms with Gasteiger partial charge < -0.3 is 15.3 Å². The summed E-state index contributed by atoms with van der Waals surface area (Å²) in [7, 11) is 1.91. The van der Waals surface area contributed by atoms with E-state index in [1.165, 1.54) is 0 Å². The minimum absolute atomic E-state index is 0.146. The van der Waals surface area contributed by atoms with E-state index >= 15 is 0 Å². The Balaban J connectivity index is 2.62. The first-order valence-corrected chi connectivity index (χ1v) is 4.80. The Morgan fingerprint density at radius 2 is 2.29 bits per heavy atom. The second kappa shape index (κ2) is 5.44. The molecular formula is C10H17N3O. The summed E-state index contributed by atoms with van der Waals surface area (Å²) < 4.78 is 0. The van der Waals surface area contributed by atoms with Crippen LogP contribution < -0.4 is 10.2 Å². The van der Waals surface area contributed by atoms with Crippen molar-refractivity contribution in [2.75, 3.05) is 37.0 Å². The largest absolute Gasteiger partial charge is 0.395 e. The number of hydrogen-bond acceptors (Lipinski definition) is 4. The number of anilines is 2. The van der Waals surface area contributed by atoms with Crippen LogP contribution in [0.3, 0.4) is 0 Å². The zero-order valence-corrected chi connectivity index (χ0v) is 8.70. The smallest absolute Gasteiger partial charge is 0.128 e. The fourth-order valence-electron chi connectivity index (χ4n) is 1.19. The molecule has 0 fully saturated rings. The van der Waals surface area contributed by atoms with Crippen LogP contribution in [0.5, 0.6) is 0 Å². The number of aliphatic hydroxyl groups excluding tert-OH is 1. The molecule has 0 saturated carbocycles. The molecule has 1 aromatic heterocycles. The highest BCUT2D eigenvalue weighted by molar-refractivity contribution is 5.48. The topological polar surface area (TPSA) is 48.4 Å². The van der Waals surface area contributed by atoms with E-state index in [-0.39, 0.29) is 6.61 Å². The van der Waals surface area contributed by atoms with Crippen molar-refractivity contribution in [2.45, 2.75) is 6.92 Å². The lowest BCUT2D eigenvalue weighted by Gasteiger charge is -2.16. The summed E-state index contributed by atoms with van der Waals surface area (Å²) in [5.74, 6) is 0.876. The number of pyridine rings is 1. The molecule has 0 aromatic carbocycles. The monoisotopic (exact) mass is 195 g/mol. The molecule has 0 radical (unpaired) electrons. The highest BCUT2D eigenvalue weighted by atomic mass is 16.3. The highest BCUT2D eigenvalue weighted by Crippen LogP contribution is 2.11. The lowest BCUT2D eigenvalue weighted by Crippen LogP contribution is -2.22. The van der Waals surface area contributed by atoms with E-state index in [4.69, 9.17) is 5.11 Å². The van der Waals surface area contributed by atoms with Gasteiger partial charge in [0.05, 0.1) is 18.5 Å². The van der Waals surface area contributed by atoms with Crippen molar-refractivity contribution in [1.82, 2.24) is 4.98 Å². The van der Waals surface area contributed by atoms with Crippen molar-refractivity contribution in [3.05, 3.63) is 18.3 Å². The molecule has 0 bridgehead atoms. The lowest BCUT2D eigenvalue weighted by molar-refractivity contribution is 0.304. The Bertz CT molecular complexity index is 261. The van der Waals surface area contributed by atoms with E-state index < -0.39 is 0 Å².